The van der Waals surface area contributed by atoms with Gasteiger partial charge in [-0.25, -0.2) is 4.79 Å². The van der Waals surface area contributed by atoms with Gasteiger partial charge in [0.15, 0.2) is 0 Å². The minimum atomic E-state index is -0.879. The first kappa shape index (κ1) is 14.4. The predicted octanol–water partition coefficient (Wildman–Crippen LogP) is 3.11. The molecule has 4 heteroatoms. The van der Waals surface area contributed by atoms with E-state index >= 15 is 0 Å². The normalized spacial score (nSPS) is 23.4. The number of rotatable bonds is 1. The van der Waals surface area contributed by atoms with Gasteiger partial charge in [0, 0.05) is 3.92 Å². The van der Waals surface area contributed by atoms with Gasteiger partial charge < -0.3 is 10.2 Å². The summed E-state index contributed by atoms with van der Waals surface area (Å²) >= 11 is 2.33. The average Bonchev–Trinajstić information content (AvgIpc) is 2.35. The van der Waals surface area contributed by atoms with Crippen molar-refractivity contribution in [2.24, 2.45) is 0 Å². The Morgan fingerprint density at radius 3 is 2.12 bits per heavy atom. The fraction of sp³-hybridized carbons (Fsp3) is 0.462. The van der Waals surface area contributed by atoms with Crippen LogP contribution in [0.5, 0.6) is 0 Å². The number of alkyl halides is 1. The van der Waals surface area contributed by atoms with Crippen LogP contribution in [-0.2, 0) is 0 Å². The summed E-state index contributed by atoms with van der Waals surface area (Å²) in [5, 5.41) is 17.6. The molecule has 0 heterocycles. The molecule has 1 fully saturated rings. The van der Waals surface area contributed by atoms with E-state index in [2.05, 4.69) is 22.6 Å². The van der Waals surface area contributed by atoms with E-state index in [1.54, 1.807) is 30.3 Å². The van der Waals surface area contributed by atoms with Crippen molar-refractivity contribution >= 4 is 28.6 Å². The van der Waals surface area contributed by atoms with Crippen LogP contribution >= 0.6 is 22.6 Å². The van der Waals surface area contributed by atoms with Crippen molar-refractivity contribution in [3.63, 3.8) is 0 Å². The molecule has 2 rings (SSSR count). The highest BCUT2D eigenvalue weighted by Gasteiger charge is 2.18. The molecule has 94 valence electrons. The van der Waals surface area contributed by atoms with E-state index in [1.807, 2.05) is 0 Å². The van der Waals surface area contributed by atoms with Crippen LogP contribution in [0.25, 0.3) is 0 Å². The Balaban J connectivity index is 0.000000171. The highest BCUT2D eigenvalue weighted by Crippen LogP contribution is 2.24. The molecular formula is C13H17IO3. The number of benzene rings is 1. The Bertz CT molecular complexity index is 330. The molecule has 0 aromatic heterocycles. The molecule has 17 heavy (non-hydrogen) atoms. The number of aliphatic hydroxyl groups excluding tert-OH is 1. The van der Waals surface area contributed by atoms with Crippen LogP contribution in [0.2, 0.25) is 0 Å². The molecular weight excluding hydrogens is 331 g/mol. The highest BCUT2D eigenvalue weighted by molar-refractivity contribution is 14.1. The lowest BCUT2D eigenvalue weighted by Crippen LogP contribution is -2.23. The second kappa shape index (κ2) is 7.66. The number of hydrogen-bond acceptors (Lipinski definition) is 2. The Morgan fingerprint density at radius 2 is 1.76 bits per heavy atom. The van der Waals surface area contributed by atoms with E-state index < -0.39 is 5.97 Å². The third kappa shape index (κ3) is 5.50. The molecule has 1 saturated carbocycles. The quantitative estimate of drug-likeness (QED) is 0.606. The zero-order valence-electron chi connectivity index (χ0n) is 9.55. The van der Waals surface area contributed by atoms with E-state index in [1.165, 1.54) is 19.3 Å². The first-order chi connectivity index (χ1) is 8.11. The summed E-state index contributed by atoms with van der Waals surface area (Å²) in [6.07, 6.45) is 4.75. The summed E-state index contributed by atoms with van der Waals surface area (Å²) in [5.41, 5.74) is 0.331. The molecule has 1 aliphatic carbocycles. The Hall–Kier alpha value is -0.620. The molecule has 3 nitrogen and oxygen atoms in total. The van der Waals surface area contributed by atoms with Gasteiger partial charge in [-0.1, -0.05) is 53.6 Å². The van der Waals surface area contributed by atoms with Crippen molar-refractivity contribution < 1.29 is 15.0 Å². The van der Waals surface area contributed by atoms with Crippen molar-refractivity contribution in [2.45, 2.75) is 35.7 Å². The largest absolute Gasteiger partial charge is 0.478 e. The fourth-order valence-electron chi connectivity index (χ4n) is 1.65. The molecule has 0 saturated heterocycles. The minimum absolute atomic E-state index is 0.00986. The number of aromatic carboxylic acids is 1. The number of hydrogen-bond donors (Lipinski definition) is 2. The number of carbonyl (C=O) groups is 1. The number of carboxylic acid groups (broad SMARTS) is 1. The molecule has 1 aliphatic rings. The standard InChI is InChI=1S/C7H6O2.C6H11IO/c8-7(9)6-4-2-1-3-5-6;7-5-3-1-2-4-6(5)8/h1-5H,(H,8,9);5-6,8H,1-4H2/t;5-,6-/m.1/s1. The van der Waals surface area contributed by atoms with Gasteiger partial charge in [-0.2, -0.15) is 0 Å². The maximum atomic E-state index is 10.2. The van der Waals surface area contributed by atoms with E-state index in [0.717, 1.165) is 6.42 Å². The Labute approximate surface area is 115 Å². The van der Waals surface area contributed by atoms with Gasteiger partial charge in [-0.3, -0.25) is 0 Å². The average molecular weight is 348 g/mol. The first-order valence-corrected chi connectivity index (χ1v) is 6.96. The van der Waals surface area contributed by atoms with Crippen molar-refractivity contribution in [2.75, 3.05) is 0 Å². The molecule has 0 unspecified atom stereocenters. The summed E-state index contributed by atoms with van der Waals surface area (Å²) in [4.78, 5) is 10.2. The van der Waals surface area contributed by atoms with Gasteiger partial charge in [-0.05, 0) is 25.0 Å². The summed E-state index contributed by atoms with van der Waals surface area (Å²) < 4.78 is 0.529. The summed E-state index contributed by atoms with van der Waals surface area (Å²) in [7, 11) is 0. The molecule has 1 aromatic rings. The first-order valence-electron chi connectivity index (χ1n) is 5.71. The molecule has 1 aromatic carbocycles. The summed E-state index contributed by atoms with van der Waals surface area (Å²) in [6, 6.07) is 8.30. The molecule has 0 radical (unpaired) electrons. The lowest BCUT2D eigenvalue weighted by atomic mass is 9.98. The van der Waals surface area contributed by atoms with Gasteiger partial charge in [0.05, 0.1) is 11.7 Å². The van der Waals surface area contributed by atoms with E-state index in [4.69, 9.17) is 5.11 Å². The zero-order chi connectivity index (χ0) is 12.7. The summed E-state index contributed by atoms with van der Waals surface area (Å²) in [6.45, 7) is 0. The van der Waals surface area contributed by atoms with E-state index in [0.29, 0.717) is 9.49 Å². The van der Waals surface area contributed by atoms with Crippen LogP contribution < -0.4 is 0 Å². The van der Waals surface area contributed by atoms with Gasteiger partial charge in [0.1, 0.15) is 0 Å². The lowest BCUT2D eigenvalue weighted by Gasteiger charge is -2.21. The third-order valence-electron chi connectivity index (χ3n) is 2.67. The molecule has 2 atom stereocenters. The molecule has 0 amide bonds. The van der Waals surface area contributed by atoms with E-state index in [9.17, 15) is 9.90 Å². The van der Waals surface area contributed by atoms with Crippen LogP contribution in [0.15, 0.2) is 30.3 Å². The molecule has 0 bridgehead atoms. The van der Waals surface area contributed by atoms with Crippen LogP contribution in [0, 0.1) is 0 Å². The predicted molar refractivity (Wildman–Crippen MR) is 75.7 cm³/mol. The van der Waals surface area contributed by atoms with Crippen LogP contribution in [0.3, 0.4) is 0 Å². The number of carboxylic acids is 1. The van der Waals surface area contributed by atoms with Crippen LogP contribution in [0.4, 0.5) is 0 Å². The Morgan fingerprint density at radius 1 is 1.18 bits per heavy atom. The zero-order valence-corrected chi connectivity index (χ0v) is 11.7. The van der Waals surface area contributed by atoms with Crippen molar-refractivity contribution in [3.8, 4) is 0 Å². The second-order valence-corrected chi connectivity index (χ2v) is 5.64. The second-order valence-electron chi connectivity index (χ2n) is 4.04. The minimum Gasteiger partial charge on any atom is -0.478 e. The smallest absolute Gasteiger partial charge is 0.335 e. The highest BCUT2D eigenvalue weighted by atomic mass is 127. The third-order valence-corrected chi connectivity index (χ3v) is 4.12. The molecule has 0 aliphatic heterocycles. The lowest BCUT2D eigenvalue weighted by molar-refractivity contribution is 0.0697. The SMILES string of the molecule is O=C(O)c1ccccc1.O[C@@H]1CCCC[C@H]1I. The van der Waals surface area contributed by atoms with Crippen LogP contribution in [0.1, 0.15) is 36.0 Å². The molecule has 2 N–H and O–H groups in total. The Kier molecular flexibility index (Phi) is 6.50. The van der Waals surface area contributed by atoms with Crippen LogP contribution in [-0.4, -0.2) is 26.2 Å². The maximum Gasteiger partial charge on any atom is 0.335 e. The number of aliphatic hydroxyl groups is 1. The maximum absolute atomic E-state index is 10.2. The molecule has 0 spiro atoms. The van der Waals surface area contributed by atoms with Crippen molar-refractivity contribution in [1.82, 2.24) is 0 Å². The monoisotopic (exact) mass is 348 g/mol. The summed E-state index contributed by atoms with van der Waals surface area (Å²) in [5.74, 6) is -0.879. The number of halogens is 1. The van der Waals surface area contributed by atoms with Gasteiger partial charge in [0.25, 0.3) is 0 Å². The van der Waals surface area contributed by atoms with Gasteiger partial charge in [-0.15, -0.1) is 0 Å². The van der Waals surface area contributed by atoms with Crippen molar-refractivity contribution in [3.05, 3.63) is 35.9 Å². The van der Waals surface area contributed by atoms with Gasteiger partial charge in [0.2, 0.25) is 0 Å². The fourth-order valence-corrected chi connectivity index (χ4v) is 2.45. The van der Waals surface area contributed by atoms with E-state index in [-0.39, 0.29) is 6.10 Å². The topological polar surface area (TPSA) is 57.5 Å². The van der Waals surface area contributed by atoms with Gasteiger partial charge >= 0.3 is 5.97 Å². The van der Waals surface area contributed by atoms with Crippen molar-refractivity contribution in [1.29, 1.82) is 0 Å².